The molecular formula is C13H9Br2FN2O3S. The van der Waals surface area contributed by atoms with E-state index in [4.69, 9.17) is 0 Å². The van der Waals surface area contributed by atoms with E-state index in [1.807, 2.05) is 4.83 Å². The third-order valence-corrected chi connectivity index (χ3v) is 5.32. The highest BCUT2D eigenvalue weighted by Crippen LogP contribution is 2.25. The number of hydrazine groups is 1. The summed E-state index contributed by atoms with van der Waals surface area (Å²) >= 11 is 6.31. The SMILES string of the molecule is O=C(NNS(=O)(=O)c1cc(Br)ccc1Br)c1ccc(F)cc1. The van der Waals surface area contributed by atoms with Crippen LogP contribution in [0.2, 0.25) is 0 Å². The van der Waals surface area contributed by atoms with Gasteiger partial charge in [-0.3, -0.25) is 10.2 Å². The van der Waals surface area contributed by atoms with Crippen molar-refractivity contribution in [1.82, 2.24) is 10.3 Å². The second-order valence-corrected chi connectivity index (χ2v) is 7.56. The monoisotopic (exact) mass is 450 g/mol. The van der Waals surface area contributed by atoms with Gasteiger partial charge in [0.05, 0.1) is 4.90 Å². The van der Waals surface area contributed by atoms with Crippen molar-refractivity contribution in [1.29, 1.82) is 0 Å². The molecule has 2 aromatic rings. The zero-order valence-corrected chi connectivity index (χ0v) is 14.8. The molecule has 0 heterocycles. The van der Waals surface area contributed by atoms with Crippen molar-refractivity contribution < 1.29 is 17.6 Å². The van der Waals surface area contributed by atoms with Gasteiger partial charge in [0, 0.05) is 14.5 Å². The van der Waals surface area contributed by atoms with Crippen LogP contribution in [0.1, 0.15) is 10.4 Å². The second kappa shape index (κ2) is 6.86. The molecule has 0 unspecified atom stereocenters. The van der Waals surface area contributed by atoms with E-state index in [1.54, 1.807) is 12.1 Å². The first kappa shape index (κ1) is 17.1. The van der Waals surface area contributed by atoms with Crippen LogP contribution in [0.25, 0.3) is 0 Å². The van der Waals surface area contributed by atoms with E-state index >= 15 is 0 Å². The van der Waals surface area contributed by atoms with Crippen LogP contribution in [0.3, 0.4) is 0 Å². The van der Waals surface area contributed by atoms with Crippen molar-refractivity contribution in [3.05, 3.63) is 62.8 Å². The number of hydrogen-bond donors (Lipinski definition) is 2. The van der Waals surface area contributed by atoms with Crippen LogP contribution < -0.4 is 10.3 Å². The molecule has 5 nitrogen and oxygen atoms in total. The molecule has 0 aliphatic rings. The normalized spacial score (nSPS) is 11.2. The van der Waals surface area contributed by atoms with Gasteiger partial charge in [0.25, 0.3) is 15.9 Å². The molecule has 116 valence electrons. The number of hydrogen-bond acceptors (Lipinski definition) is 3. The first-order valence-electron chi connectivity index (χ1n) is 5.82. The summed E-state index contributed by atoms with van der Waals surface area (Å²) in [6.07, 6.45) is 0. The van der Waals surface area contributed by atoms with Crippen molar-refractivity contribution in [3.8, 4) is 0 Å². The van der Waals surface area contributed by atoms with Crippen molar-refractivity contribution in [2.24, 2.45) is 0 Å². The Balaban J connectivity index is 2.14. The summed E-state index contributed by atoms with van der Waals surface area (Å²) in [6.45, 7) is 0. The summed E-state index contributed by atoms with van der Waals surface area (Å²) in [5.74, 6) is -1.19. The van der Waals surface area contributed by atoms with Gasteiger partial charge in [-0.15, -0.1) is 4.83 Å². The number of sulfonamides is 1. The van der Waals surface area contributed by atoms with Gasteiger partial charge in [0.15, 0.2) is 0 Å². The van der Waals surface area contributed by atoms with Crippen LogP contribution in [0.15, 0.2) is 56.3 Å². The average Bonchev–Trinajstić information content (AvgIpc) is 2.48. The molecule has 2 N–H and O–H groups in total. The van der Waals surface area contributed by atoms with E-state index in [2.05, 4.69) is 37.3 Å². The standard InChI is InChI=1S/C13H9Br2FN2O3S/c14-9-3-6-11(15)12(7-9)22(20,21)18-17-13(19)8-1-4-10(16)5-2-8/h1-7,18H,(H,17,19). The lowest BCUT2D eigenvalue weighted by Crippen LogP contribution is -2.41. The van der Waals surface area contributed by atoms with Crippen LogP contribution in [0, 0.1) is 5.82 Å². The maximum atomic E-state index is 12.8. The maximum Gasteiger partial charge on any atom is 0.266 e. The number of halogens is 3. The number of carbonyl (C=O) groups excluding carboxylic acids is 1. The summed E-state index contributed by atoms with van der Waals surface area (Å²) in [5.41, 5.74) is 2.19. The first-order chi connectivity index (χ1) is 10.3. The third kappa shape index (κ3) is 4.13. The Kier molecular flexibility index (Phi) is 5.32. The lowest BCUT2D eigenvalue weighted by atomic mass is 10.2. The topological polar surface area (TPSA) is 75.3 Å². The van der Waals surface area contributed by atoms with Gasteiger partial charge in [-0.2, -0.15) is 0 Å². The number of amides is 1. The average molecular weight is 452 g/mol. The molecule has 1 amide bonds. The molecule has 0 atom stereocenters. The molecule has 0 aromatic heterocycles. The Labute approximate surface area is 143 Å². The lowest BCUT2D eigenvalue weighted by molar-refractivity contribution is 0.0945. The quantitative estimate of drug-likeness (QED) is 0.701. The Morgan fingerprint density at radius 1 is 1.05 bits per heavy atom. The summed E-state index contributed by atoms with van der Waals surface area (Å²) in [7, 11) is -3.96. The Bertz CT molecular complexity index is 811. The number of rotatable bonds is 4. The van der Waals surface area contributed by atoms with E-state index in [0.29, 0.717) is 8.95 Å². The van der Waals surface area contributed by atoms with Gasteiger partial charge in [0.2, 0.25) is 0 Å². The third-order valence-electron chi connectivity index (χ3n) is 2.59. The Morgan fingerprint density at radius 2 is 1.68 bits per heavy atom. The highest BCUT2D eigenvalue weighted by Gasteiger charge is 2.19. The summed E-state index contributed by atoms with van der Waals surface area (Å²) in [6, 6.07) is 9.31. The molecule has 0 saturated carbocycles. The first-order valence-corrected chi connectivity index (χ1v) is 8.89. The van der Waals surface area contributed by atoms with Crippen molar-refractivity contribution in [2.45, 2.75) is 4.90 Å². The van der Waals surface area contributed by atoms with Crippen LogP contribution >= 0.6 is 31.9 Å². The molecule has 0 spiro atoms. The van der Waals surface area contributed by atoms with Crippen molar-refractivity contribution in [3.63, 3.8) is 0 Å². The Morgan fingerprint density at radius 3 is 2.32 bits per heavy atom. The van der Waals surface area contributed by atoms with Gasteiger partial charge < -0.3 is 0 Å². The van der Waals surface area contributed by atoms with Gasteiger partial charge in [-0.05, 0) is 58.4 Å². The maximum absolute atomic E-state index is 12.8. The van der Waals surface area contributed by atoms with E-state index in [-0.39, 0.29) is 10.5 Å². The number of benzene rings is 2. The zero-order chi connectivity index (χ0) is 16.3. The van der Waals surface area contributed by atoms with Crippen LogP contribution in [-0.4, -0.2) is 14.3 Å². The largest absolute Gasteiger partial charge is 0.273 e. The van der Waals surface area contributed by atoms with E-state index < -0.39 is 21.7 Å². The fourth-order valence-electron chi connectivity index (χ4n) is 1.53. The predicted molar refractivity (Wildman–Crippen MR) is 86.0 cm³/mol. The van der Waals surface area contributed by atoms with Gasteiger partial charge >= 0.3 is 0 Å². The molecule has 0 radical (unpaired) electrons. The minimum absolute atomic E-state index is 0.0405. The molecule has 0 fully saturated rings. The van der Waals surface area contributed by atoms with E-state index in [0.717, 1.165) is 12.1 Å². The summed E-state index contributed by atoms with van der Waals surface area (Å²) in [5, 5.41) is 0. The number of nitrogens with one attached hydrogen (secondary N) is 2. The number of carbonyl (C=O) groups is 1. The van der Waals surface area contributed by atoms with Crippen LogP contribution in [-0.2, 0) is 10.0 Å². The minimum Gasteiger partial charge on any atom is -0.273 e. The molecule has 2 aromatic carbocycles. The minimum atomic E-state index is -3.96. The Hall–Kier alpha value is -1.29. The fraction of sp³-hybridized carbons (Fsp3) is 0. The molecule has 9 heteroatoms. The predicted octanol–water partition coefficient (Wildman–Crippen LogP) is 2.97. The molecular weight excluding hydrogens is 443 g/mol. The molecule has 0 aliphatic heterocycles. The van der Waals surface area contributed by atoms with Gasteiger partial charge in [0.1, 0.15) is 5.82 Å². The summed E-state index contributed by atoms with van der Waals surface area (Å²) in [4.78, 5) is 13.7. The molecule has 22 heavy (non-hydrogen) atoms. The highest BCUT2D eigenvalue weighted by molar-refractivity contribution is 9.11. The van der Waals surface area contributed by atoms with Crippen LogP contribution in [0.4, 0.5) is 4.39 Å². The fourth-order valence-corrected chi connectivity index (χ4v) is 3.87. The van der Waals surface area contributed by atoms with E-state index in [1.165, 1.54) is 18.2 Å². The molecule has 2 rings (SSSR count). The summed E-state index contributed by atoms with van der Waals surface area (Å²) < 4.78 is 38.0. The lowest BCUT2D eigenvalue weighted by Gasteiger charge is -2.10. The van der Waals surface area contributed by atoms with Gasteiger partial charge in [-0.25, -0.2) is 12.8 Å². The van der Waals surface area contributed by atoms with Crippen LogP contribution in [0.5, 0.6) is 0 Å². The molecule has 0 aliphatic carbocycles. The zero-order valence-electron chi connectivity index (χ0n) is 10.8. The van der Waals surface area contributed by atoms with Crippen molar-refractivity contribution >= 4 is 47.8 Å². The van der Waals surface area contributed by atoms with Gasteiger partial charge in [-0.1, -0.05) is 15.9 Å². The molecule has 0 saturated heterocycles. The van der Waals surface area contributed by atoms with Crippen molar-refractivity contribution in [2.75, 3.05) is 0 Å². The smallest absolute Gasteiger partial charge is 0.266 e. The molecule has 0 bridgehead atoms. The second-order valence-electron chi connectivity index (χ2n) is 4.14. The van der Waals surface area contributed by atoms with E-state index in [9.17, 15) is 17.6 Å². The highest BCUT2D eigenvalue weighted by atomic mass is 79.9.